The normalized spacial score (nSPS) is 12.5. The van der Waals surface area contributed by atoms with Crippen molar-refractivity contribution in [3.05, 3.63) is 218 Å². The third-order valence-electron chi connectivity index (χ3n) is 12.0. The second kappa shape index (κ2) is 15.4. The molecule has 1 aliphatic heterocycles. The molecule has 64 heavy (non-hydrogen) atoms. The highest BCUT2D eigenvalue weighted by molar-refractivity contribution is 7.20. The predicted octanol–water partition coefficient (Wildman–Crippen LogP) is 9.09. The van der Waals surface area contributed by atoms with Crippen LogP contribution in [0.15, 0.2) is 218 Å². The summed E-state index contributed by atoms with van der Waals surface area (Å²) in [6, 6.07) is 75.3. The molecule has 0 amide bonds. The Balaban J connectivity index is 1.03. The van der Waals surface area contributed by atoms with Gasteiger partial charge in [-0.3, -0.25) is 4.57 Å². The van der Waals surface area contributed by atoms with Gasteiger partial charge in [0.2, 0.25) is 8.07 Å². The molecule has 300 valence electrons. The minimum Gasteiger partial charge on any atom is -0.299 e. The van der Waals surface area contributed by atoms with Gasteiger partial charge in [-0.25, -0.2) is 34.9 Å². The zero-order chi connectivity index (χ0) is 42.5. The van der Waals surface area contributed by atoms with Gasteiger partial charge in [0, 0.05) is 39.1 Å². The fourth-order valence-electron chi connectivity index (χ4n) is 8.98. The summed E-state index contributed by atoms with van der Waals surface area (Å²) >= 11 is 0. The number of hydrogen-bond donors (Lipinski definition) is 0. The number of aromatic nitrogens is 8. The van der Waals surface area contributed by atoms with Gasteiger partial charge in [-0.1, -0.05) is 200 Å². The fraction of sp³-hybridized carbons (Fsp3) is 0. The fourth-order valence-corrected chi connectivity index (χ4v) is 13.8. The van der Waals surface area contributed by atoms with Crippen LogP contribution in [0.4, 0.5) is 0 Å². The van der Waals surface area contributed by atoms with Gasteiger partial charge in [0.05, 0.1) is 11.0 Å². The van der Waals surface area contributed by atoms with Crippen molar-refractivity contribution >= 4 is 40.1 Å². The van der Waals surface area contributed by atoms with Crippen molar-refractivity contribution in [2.24, 2.45) is 0 Å². The summed E-state index contributed by atoms with van der Waals surface area (Å²) in [5.41, 5.74) is 9.80. The minimum absolute atomic E-state index is 0.612. The van der Waals surface area contributed by atoms with Gasteiger partial charge in [-0.2, -0.15) is 0 Å². The first kappa shape index (κ1) is 37.2. The van der Waals surface area contributed by atoms with Crippen molar-refractivity contribution in [3.8, 4) is 74.0 Å². The van der Waals surface area contributed by atoms with Crippen LogP contribution in [0.25, 0.3) is 85.0 Å². The zero-order valence-electron chi connectivity index (χ0n) is 34.4. The highest BCUT2D eigenvalue weighted by Crippen LogP contribution is 2.30. The second-order valence-electron chi connectivity index (χ2n) is 15.8. The molecular formula is C55H36N8Si. The molecule has 12 rings (SSSR count). The highest BCUT2D eigenvalue weighted by atomic mass is 28.3. The molecule has 0 spiro atoms. The average molecular weight is 837 g/mol. The molecule has 0 radical (unpaired) electrons. The molecule has 1 aliphatic rings. The summed E-state index contributed by atoms with van der Waals surface area (Å²) < 4.78 is 2.38. The Hall–Kier alpha value is -8.53. The Kier molecular flexibility index (Phi) is 8.98. The van der Waals surface area contributed by atoms with Crippen molar-refractivity contribution in [2.75, 3.05) is 0 Å². The Bertz CT molecular complexity index is 3190. The van der Waals surface area contributed by atoms with E-state index in [9.17, 15) is 0 Å². The molecule has 0 fully saturated rings. The van der Waals surface area contributed by atoms with E-state index in [1.807, 2.05) is 121 Å². The molecular weight excluding hydrogens is 801 g/mol. The Labute approximate surface area is 370 Å². The zero-order valence-corrected chi connectivity index (χ0v) is 35.4. The van der Waals surface area contributed by atoms with E-state index in [4.69, 9.17) is 34.9 Å². The van der Waals surface area contributed by atoms with E-state index in [0.717, 1.165) is 55.5 Å². The minimum atomic E-state index is -3.07. The van der Waals surface area contributed by atoms with Crippen LogP contribution in [0.2, 0.25) is 0 Å². The van der Waals surface area contributed by atoms with Crippen LogP contribution in [0.1, 0.15) is 0 Å². The van der Waals surface area contributed by atoms with Gasteiger partial charge in [0.15, 0.2) is 34.9 Å². The van der Waals surface area contributed by atoms with E-state index in [1.54, 1.807) is 0 Å². The topological polar surface area (TPSA) is 95.2 Å². The molecule has 0 unspecified atom stereocenters. The third-order valence-corrected chi connectivity index (χ3v) is 16.6. The van der Waals surface area contributed by atoms with E-state index in [1.165, 1.54) is 15.6 Å². The Morgan fingerprint density at radius 2 is 0.609 bits per heavy atom. The van der Waals surface area contributed by atoms with Crippen LogP contribution in [0.5, 0.6) is 0 Å². The molecule has 8 nitrogen and oxygen atoms in total. The number of fused-ring (bicyclic) bond motifs is 5. The summed E-state index contributed by atoms with van der Waals surface area (Å²) in [5.74, 6) is 3.73. The monoisotopic (exact) mass is 836 g/mol. The lowest BCUT2D eigenvalue weighted by atomic mass is 10.1. The second-order valence-corrected chi connectivity index (χ2v) is 19.4. The number of benzene rings is 8. The maximum atomic E-state index is 5.52. The Morgan fingerprint density at radius 1 is 0.281 bits per heavy atom. The van der Waals surface area contributed by atoms with Crippen LogP contribution in [-0.2, 0) is 0 Å². The van der Waals surface area contributed by atoms with E-state index >= 15 is 0 Å². The molecule has 0 atom stereocenters. The highest BCUT2D eigenvalue weighted by Gasteiger charge is 2.51. The van der Waals surface area contributed by atoms with Crippen LogP contribution in [-0.4, -0.2) is 47.5 Å². The molecule has 9 heteroatoms. The van der Waals surface area contributed by atoms with Crippen molar-refractivity contribution in [3.63, 3.8) is 0 Å². The first-order chi connectivity index (χ1) is 31.7. The van der Waals surface area contributed by atoms with Crippen LogP contribution in [0.3, 0.4) is 0 Å². The van der Waals surface area contributed by atoms with Crippen molar-refractivity contribution in [1.82, 2.24) is 39.5 Å². The quantitative estimate of drug-likeness (QED) is 0.141. The van der Waals surface area contributed by atoms with E-state index < -0.39 is 8.07 Å². The van der Waals surface area contributed by atoms with E-state index in [2.05, 4.69) is 102 Å². The van der Waals surface area contributed by atoms with Crippen LogP contribution in [0, 0.1) is 0 Å². The molecule has 8 aromatic carbocycles. The third kappa shape index (κ3) is 6.25. The number of para-hydroxylation sites is 3. The van der Waals surface area contributed by atoms with Gasteiger partial charge in [0.25, 0.3) is 0 Å². The number of imidazole rings is 1. The smallest absolute Gasteiger partial charge is 0.226 e. The summed E-state index contributed by atoms with van der Waals surface area (Å²) in [6.07, 6.45) is 0. The van der Waals surface area contributed by atoms with Crippen LogP contribution < -0.4 is 21.0 Å². The summed E-state index contributed by atoms with van der Waals surface area (Å²) in [7, 11) is -3.07. The molecule has 0 aliphatic carbocycles. The van der Waals surface area contributed by atoms with Gasteiger partial charge >= 0.3 is 0 Å². The van der Waals surface area contributed by atoms with Crippen molar-refractivity contribution in [1.29, 1.82) is 0 Å². The first-order valence-corrected chi connectivity index (χ1v) is 23.2. The summed E-state index contributed by atoms with van der Waals surface area (Å²) in [6.45, 7) is 0. The molecule has 11 aromatic rings. The van der Waals surface area contributed by atoms with Crippen LogP contribution >= 0.6 is 0 Å². The molecule has 0 saturated carbocycles. The lowest BCUT2D eigenvalue weighted by molar-refractivity contribution is 1.07. The van der Waals surface area contributed by atoms with Crippen molar-refractivity contribution in [2.45, 2.75) is 0 Å². The van der Waals surface area contributed by atoms with Gasteiger partial charge in [-0.05, 0) is 33.8 Å². The number of nitrogens with zero attached hydrogens (tertiary/aromatic N) is 8. The molecule has 0 bridgehead atoms. The lowest BCUT2D eigenvalue weighted by Crippen LogP contribution is -2.73. The largest absolute Gasteiger partial charge is 0.299 e. The molecule has 0 N–H and O–H groups in total. The van der Waals surface area contributed by atoms with E-state index in [-0.39, 0.29) is 0 Å². The maximum Gasteiger partial charge on any atom is 0.226 e. The molecule has 4 heterocycles. The average Bonchev–Trinajstić information content (AvgIpc) is 3.91. The van der Waals surface area contributed by atoms with E-state index in [0.29, 0.717) is 34.9 Å². The number of hydrogen-bond acceptors (Lipinski definition) is 7. The van der Waals surface area contributed by atoms with Gasteiger partial charge in [0.1, 0.15) is 5.45 Å². The summed E-state index contributed by atoms with van der Waals surface area (Å²) in [5, 5.41) is 3.67. The van der Waals surface area contributed by atoms with Crippen molar-refractivity contribution < 1.29 is 0 Å². The molecule has 0 saturated heterocycles. The first-order valence-electron chi connectivity index (χ1n) is 21.2. The maximum absolute atomic E-state index is 5.52. The Morgan fingerprint density at radius 3 is 1.02 bits per heavy atom. The molecule has 3 aromatic heterocycles. The lowest BCUT2D eigenvalue weighted by Gasteiger charge is -2.28. The number of rotatable bonds is 8. The van der Waals surface area contributed by atoms with Gasteiger partial charge in [-0.15, -0.1) is 0 Å². The standard InChI is InChI=1S/C55H36N8Si/c1-5-17-37(18-6-1)49-57-50(38-19-7-2-8-20-38)60-53(59-49)41-29-33-43(34-30-41)64(48-28-16-15-27-47(48)63-46-26-14-13-25-45(46)56-55(63)64)44-35-31-42(32-36-44)54-61-51(39-21-9-3-10-22-39)58-52(62-54)40-23-11-4-12-24-40/h1-36H. The predicted molar refractivity (Wildman–Crippen MR) is 258 cm³/mol. The van der Waals surface area contributed by atoms with Gasteiger partial charge < -0.3 is 0 Å². The SMILES string of the molecule is c1ccc(-c2nc(-c3ccccc3)nc(-c3ccc([Si]4(c5ccc(-c6nc(-c7ccccc7)nc(-c7ccccc7)n6)cc5)c5ccccc5-n5c4nc4ccccc45)cc3)n2)cc1. The summed E-state index contributed by atoms with van der Waals surface area (Å²) in [4.78, 5) is 35.6.